The monoisotopic (exact) mass is 445 g/mol. The van der Waals surface area contributed by atoms with Crippen molar-refractivity contribution >= 4 is 16.9 Å². The Morgan fingerprint density at radius 3 is 2.66 bits per heavy atom. The van der Waals surface area contributed by atoms with Crippen LogP contribution in [0.2, 0.25) is 0 Å². The summed E-state index contributed by atoms with van der Waals surface area (Å²) in [5.74, 6) is -1.96. The van der Waals surface area contributed by atoms with Gasteiger partial charge in [-0.15, -0.1) is 0 Å². The van der Waals surface area contributed by atoms with Gasteiger partial charge >= 0.3 is 12.1 Å². The predicted molar refractivity (Wildman–Crippen MR) is 116 cm³/mol. The van der Waals surface area contributed by atoms with Gasteiger partial charge in [-0.3, -0.25) is 0 Å². The number of aromatic nitrogens is 1. The number of fused-ring (bicyclic) bond motifs is 1. The van der Waals surface area contributed by atoms with Crippen molar-refractivity contribution in [2.45, 2.75) is 45.3 Å². The Morgan fingerprint density at radius 2 is 1.94 bits per heavy atom. The first-order valence-electron chi connectivity index (χ1n) is 10.9. The Balaban J connectivity index is 1.85. The van der Waals surface area contributed by atoms with E-state index in [0.29, 0.717) is 36.2 Å². The fraction of sp³-hybridized carbons (Fsp3) is 0.400. The maximum Gasteiger partial charge on any atom is 0.391 e. The standard InChI is InChI=1S/C25H26F3NO3/c1-2-32-24(31)23-22(17-8-6-10-19(30)14-17)20-11-3-4-12-21(20)29(23)15-16-7-5-9-18(13-16)25(26,27)28/h3-4,6,8,10-12,14,16,18,30H,2,5,7,9,13,15H2,1H3. The van der Waals surface area contributed by atoms with E-state index in [2.05, 4.69) is 0 Å². The molecule has 1 fully saturated rings. The highest BCUT2D eigenvalue weighted by atomic mass is 19.4. The van der Waals surface area contributed by atoms with Crippen molar-refractivity contribution in [3.8, 4) is 16.9 Å². The van der Waals surface area contributed by atoms with Crippen molar-refractivity contribution < 1.29 is 27.8 Å². The minimum absolute atomic E-state index is 0.0553. The molecule has 2 unspecified atom stereocenters. The summed E-state index contributed by atoms with van der Waals surface area (Å²) >= 11 is 0. The highest BCUT2D eigenvalue weighted by molar-refractivity contribution is 6.08. The molecule has 4 nitrogen and oxygen atoms in total. The van der Waals surface area contributed by atoms with Crippen LogP contribution in [0.4, 0.5) is 13.2 Å². The van der Waals surface area contributed by atoms with E-state index in [1.807, 2.05) is 28.8 Å². The number of hydrogen-bond donors (Lipinski definition) is 1. The molecule has 170 valence electrons. The van der Waals surface area contributed by atoms with Crippen molar-refractivity contribution in [3.05, 3.63) is 54.2 Å². The van der Waals surface area contributed by atoms with Crippen LogP contribution >= 0.6 is 0 Å². The van der Waals surface area contributed by atoms with Gasteiger partial charge in [0.25, 0.3) is 0 Å². The van der Waals surface area contributed by atoms with Gasteiger partial charge in [0, 0.05) is 23.0 Å². The van der Waals surface area contributed by atoms with Crippen LogP contribution in [-0.4, -0.2) is 28.4 Å². The first-order valence-corrected chi connectivity index (χ1v) is 10.9. The average molecular weight is 445 g/mol. The van der Waals surface area contributed by atoms with Crippen molar-refractivity contribution in [2.75, 3.05) is 6.61 Å². The molecule has 0 amide bonds. The predicted octanol–water partition coefficient (Wildman–Crippen LogP) is 6.56. The van der Waals surface area contributed by atoms with E-state index >= 15 is 0 Å². The maximum atomic E-state index is 13.4. The fourth-order valence-electron chi connectivity index (χ4n) is 4.87. The minimum Gasteiger partial charge on any atom is -0.508 e. The Bertz CT molecular complexity index is 1120. The van der Waals surface area contributed by atoms with Gasteiger partial charge < -0.3 is 14.4 Å². The molecule has 3 aromatic rings. The van der Waals surface area contributed by atoms with Gasteiger partial charge in [-0.1, -0.05) is 36.8 Å². The van der Waals surface area contributed by atoms with E-state index in [1.54, 1.807) is 31.2 Å². The summed E-state index contributed by atoms with van der Waals surface area (Å²) in [5, 5.41) is 10.8. The second-order valence-electron chi connectivity index (χ2n) is 8.39. The van der Waals surface area contributed by atoms with Crippen LogP contribution < -0.4 is 0 Å². The number of alkyl halides is 3. The number of rotatable bonds is 5. The number of carbonyl (C=O) groups is 1. The molecular formula is C25H26F3NO3. The second-order valence-corrected chi connectivity index (χ2v) is 8.39. The lowest BCUT2D eigenvalue weighted by Gasteiger charge is -2.31. The van der Waals surface area contributed by atoms with Gasteiger partial charge in [-0.25, -0.2) is 4.79 Å². The molecule has 1 heterocycles. The number of aromatic hydroxyl groups is 1. The van der Waals surface area contributed by atoms with E-state index in [4.69, 9.17) is 4.74 Å². The number of ether oxygens (including phenoxy) is 1. The Morgan fingerprint density at radius 1 is 1.16 bits per heavy atom. The summed E-state index contributed by atoms with van der Waals surface area (Å²) in [4.78, 5) is 13.1. The number of hydrogen-bond acceptors (Lipinski definition) is 3. The number of carbonyl (C=O) groups excluding carboxylic acids is 1. The number of esters is 1. The summed E-state index contributed by atoms with van der Waals surface area (Å²) in [5.41, 5.74) is 2.36. The average Bonchev–Trinajstić information content (AvgIpc) is 3.08. The number of nitrogens with zero attached hydrogens (tertiary/aromatic N) is 1. The molecular weight excluding hydrogens is 419 g/mol. The van der Waals surface area contributed by atoms with Gasteiger partial charge in [0.15, 0.2) is 0 Å². The number of halogens is 3. The van der Waals surface area contributed by atoms with Crippen molar-refractivity contribution in [3.63, 3.8) is 0 Å². The third-order valence-electron chi connectivity index (χ3n) is 6.26. The molecule has 0 spiro atoms. The molecule has 0 bridgehead atoms. The normalized spacial score (nSPS) is 19.2. The van der Waals surface area contributed by atoms with E-state index in [-0.39, 0.29) is 31.1 Å². The van der Waals surface area contributed by atoms with Crippen molar-refractivity contribution in [2.24, 2.45) is 11.8 Å². The Labute approximate surface area is 184 Å². The smallest absolute Gasteiger partial charge is 0.391 e. The van der Waals surface area contributed by atoms with E-state index in [9.17, 15) is 23.1 Å². The van der Waals surface area contributed by atoms with E-state index in [0.717, 1.165) is 10.9 Å². The first-order chi connectivity index (χ1) is 15.3. The minimum atomic E-state index is -4.20. The molecule has 1 aliphatic carbocycles. The quantitative estimate of drug-likeness (QED) is 0.453. The summed E-state index contributed by atoms with van der Waals surface area (Å²) in [6.45, 7) is 2.20. The molecule has 7 heteroatoms. The molecule has 2 atom stereocenters. The zero-order valence-corrected chi connectivity index (χ0v) is 17.9. The van der Waals surface area contributed by atoms with Gasteiger partial charge in [-0.2, -0.15) is 13.2 Å². The summed E-state index contributed by atoms with van der Waals surface area (Å²) in [6, 6.07) is 14.1. The van der Waals surface area contributed by atoms with Gasteiger partial charge in [0.2, 0.25) is 0 Å². The SMILES string of the molecule is CCOC(=O)c1c(-c2cccc(O)c2)c2ccccc2n1CC1CCCC(C(F)(F)F)C1. The van der Waals surface area contributed by atoms with Gasteiger partial charge in [0.1, 0.15) is 11.4 Å². The number of para-hydroxylation sites is 1. The summed E-state index contributed by atoms with van der Waals surface area (Å²) < 4.78 is 47.3. The Hall–Kier alpha value is -2.96. The van der Waals surface area contributed by atoms with E-state index in [1.165, 1.54) is 0 Å². The molecule has 0 aliphatic heterocycles. The Kier molecular flexibility index (Phi) is 6.17. The lowest BCUT2D eigenvalue weighted by atomic mass is 9.81. The van der Waals surface area contributed by atoms with Crippen LogP contribution in [0.5, 0.6) is 5.75 Å². The third kappa shape index (κ3) is 4.33. The van der Waals surface area contributed by atoms with Crippen LogP contribution in [0.25, 0.3) is 22.0 Å². The molecule has 32 heavy (non-hydrogen) atoms. The highest BCUT2D eigenvalue weighted by Crippen LogP contribution is 2.42. The third-order valence-corrected chi connectivity index (χ3v) is 6.26. The van der Waals surface area contributed by atoms with Crippen LogP contribution in [0.1, 0.15) is 43.1 Å². The first kappa shape index (κ1) is 22.2. The maximum absolute atomic E-state index is 13.4. The topological polar surface area (TPSA) is 51.5 Å². The van der Waals surface area contributed by atoms with Gasteiger partial charge in [-0.05, 0) is 55.9 Å². The van der Waals surface area contributed by atoms with Crippen molar-refractivity contribution in [1.82, 2.24) is 4.57 Å². The molecule has 0 saturated heterocycles. The number of phenolic OH excluding ortho intramolecular Hbond substituents is 1. The number of benzene rings is 2. The molecule has 4 rings (SSSR count). The number of phenols is 1. The largest absolute Gasteiger partial charge is 0.508 e. The zero-order valence-electron chi connectivity index (χ0n) is 17.9. The molecule has 1 aliphatic rings. The van der Waals surface area contributed by atoms with Crippen LogP contribution in [0.3, 0.4) is 0 Å². The molecule has 0 radical (unpaired) electrons. The highest BCUT2D eigenvalue weighted by Gasteiger charge is 2.42. The molecule has 2 aromatic carbocycles. The molecule has 1 N–H and O–H groups in total. The molecule has 1 aromatic heterocycles. The lowest BCUT2D eigenvalue weighted by Crippen LogP contribution is -2.30. The van der Waals surface area contributed by atoms with Crippen LogP contribution in [0.15, 0.2) is 48.5 Å². The van der Waals surface area contributed by atoms with Crippen LogP contribution in [0, 0.1) is 11.8 Å². The van der Waals surface area contributed by atoms with Gasteiger partial charge in [0.05, 0.1) is 12.5 Å². The zero-order chi connectivity index (χ0) is 22.9. The lowest BCUT2D eigenvalue weighted by molar-refractivity contribution is -0.186. The second kappa shape index (κ2) is 8.88. The summed E-state index contributed by atoms with van der Waals surface area (Å²) in [7, 11) is 0. The summed E-state index contributed by atoms with van der Waals surface area (Å²) in [6.07, 6.45) is -2.79. The van der Waals surface area contributed by atoms with E-state index < -0.39 is 18.1 Å². The fourth-order valence-corrected chi connectivity index (χ4v) is 4.87. The van der Waals surface area contributed by atoms with Crippen molar-refractivity contribution in [1.29, 1.82) is 0 Å². The van der Waals surface area contributed by atoms with Crippen LogP contribution in [-0.2, 0) is 11.3 Å². The molecule has 1 saturated carbocycles.